The van der Waals surface area contributed by atoms with Crippen LogP contribution in [0.25, 0.3) is 6.08 Å². The van der Waals surface area contributed by atoms with E-state index in [1.807, 2.05) is 18.2 Å². The number of nitrogens with zero attached hydrogens (tertiary/aromatic N) is 2. The molecule has 0 aliphatic carbocycles. The zero-order chi connectivity index (χ0) is 22.7. The lowest BCUT2D eigenvalue weighted by molar-refractivity contribution is -0.113. The monoisotopic (exact) mass is 486 g/mol. The normalized spacial score (nSPS) is 14.8. The van der Waals surface area contributed by atoms with Gasteiger partial charge in [0.25, 0.3) is 5.91 Å². The predicted molar refractivity (Wildman–Crippen MR) is 129 cm³/mol. The van der Waals surface area contributed by atoms with E-state index in [0.29, 0.717) is 33.0 Å². The van der Waals surface area contributed by atoms with Gasteiger partial charge in [0.05, 0.1) is 22.7 Å². The molecule has 1 aliphatic heterocycles. The van der Waals surface area contributed by atoms with Crippen molar-refractivity contribution in [3.63, 3.8) is 0 Å². The van der Waals surface area contributed by atoms with Crippen LogP contribution in [0.3, 0.4) is 0 Å². The first-order valence-corrected chi connectivity index (χ1v) is 11.0. The van der Waals surface area contributed by atoms with Crippen LogP contribution in [0.2, 0.25) is 5.02 Å². The van der Waals surface area contributed by atoms with Crippen molar-refractivity contribution in [1.82, 2.24) is 4.98 Å². The summed E-state index contributed by atoms with van der Waals surface area (Å²) in [6.45, 7) is 0.372. The third-order valence-electron chi connectivity index (χ3n) is 4.58. The number of anilines is 1. The molecular weight excluding hydrogens is 471 g/mol. The molecule has 1 amide bonds. The van der Waals surface area contributed by atoms with Crippen LogP contribution in [0.1, 0.15) is 11.1 Å². The Bertz CT molecular complexity index is 1220. The van der Waals surface area contributed by atoms with Gasteiger partial charge >= 0.3 is 0 Å². The summed E-state index contributed by atoms with van der Waals surface area (Å²) in [6, 6.07) is 13.2. The largest absolute Gasteiger partial charge is 0.493 e. The lowest BCUT2D eigenvalue weighted by Gasteiger charge is -2.14. The fraction of sp³-hybridized carbons (Fsp3) is 0.0870. The molecule has 5 nitrogen and oxygen atoms in total. The second kappa shape index (κ2) is 9.68. The smallest absolute Gasteiger partial charge is 0.270 e. The van der Waals surface area contributed by atoms with Crippen LogP contribution in [-0.2, 0) is 11.4 Å². The molecule has 0 bridgehead atoms. The molecule has 3 aromatic rings. The van der Waals surface area contributed by atoms with Crippen LogP contribution in [0.15, 0.2) is 65.8 Å². The number of carbonyl (C=O) groups is 1. The molecular formula is C23H16ClFN2O3S2. The van der Waals surface area contributed by atoms with Crippen LogP contribution in [0, 0.1) is 5.82 Å². The number of hydrogen-bond donors (Lipinski definition) is 0. The summed E-state index contributed by atoms with van der Waals surface area (Å²) >= 11 is 12.4. The van der Waals surface area contributed by atoms with Crippen molar-refractivity contribution in [3.05, 3.63) is 87.8 Å². The number of hydrogen-bond acceptors (Lipinski definition) is 6. The Balaban J connectivity index is 1.54. The van der Waals surface area contributed by atoms with E-state index in [9.17, 15) is 9.18 Å². The molecule has 4 rings (SSSR count). The lowest BCUT2D eigenvalue weighted by atomic mass is 10.1. The van der Waals surface area contributed by atoms with Gasteiger partial charge in [-0.1, -0.05) is 41.6 Å². The number of carbonyl (C=O) groups excluding carboxylic acids is 1. The minimum atomic E-state index is -0.560. The van der Waals surface area contributed by atoms with E-state index in [2.05, 4.69) is 4.98 Å². The Labute approximate surface area is 198 Å². The molecule has 1 saturated heterocycles. The Morgan fingerprint density at radius 2 is 1.94 bits per heavy atom. The van der Waals surface area contributed by atoms with Crippen molar-refractivity contribution in [2.75, 3.05) is 12.0 Å². The van der Waals surface area contributed by atoms with Gasteiger partial charge in [-0.25, -0.2) is 4.39 Å². The van der Waals surface area contributed by atoms with Gasteiger partial charge in [-0.3, -0.25) is 14.7 Å². The van der Waals surface area contributed by atoms with E-state index < -0.39 is 5.82 Å². The zero-order valence-corrected chi connectivity index (χ0v) is 19.1. The molecule has 162 valence electrons. The number of ether oxygens (including phenoxy) is 2. The van der Waals surface area contributed by atoms with Gasteiger partial charge in [0.15, 0.2) is 15.8 Å². The summed E-state index contributed by atoms with van der Waals surface area (Å²) in [5.41, 5.74) is 2.14. The summed E-state index contributed by atoms with van der Waals surface area (Å²) in [4.78, 5) is 18.7. The number of amides is 1. The molecule has 1 aliphatic rings. The highest BCUT2D eigenvalue weighted by molar-refractivity contribution is 8.27. The van der Waals surface area contributed by atoms with Gasteiger partial charge in [-0.15, -0.1) is 0 Å². The Morgan fingerprint density at radius 1 is 1.16 bits per heavy atom. The van der Waals surface area contributed by atoms with Crippen LogP contribution in [-0.4, -0.2) is 22.3 Å². The molecule has 9 heteroatoms. The number of thiocarbonyl (C=S) groups is 1. The van der Waals surface area contributed by atoms with E-state index in [-0.39, 0.29) is 10.9 Å². The number of halogens is 2. The van der Waals surface area contributed by atoms with Crippen LogP contribution in [0.4, 0.5) is 10.1 Å². The molecule has 0 atom stereocenters. The molecule has 32 heavy (non-hydrogen) atoms. The molecule has 1 fully saturated rings. The highest BCUT2D eigenvalue weighted by Gasteiger charge is 2.33. The van der Waals surface area contributed by atoms with Crippen molar-refractivity contribution < 1.29 is 18.7 Å². The Morgan fingerprint density at radius 3 is 2.66 bits per heavy atom. The summed E-state index contributed by atoms with van der Waals surface area (Å²) in [5.74, 6) is 0.248. The average molecular weight is 487 g/mol. The molecule has 0 unspecified atom stereocenters. The van der Waals surface area contributed by atoms with Crippen molar-refractivity contribution in [2.24, 2.45) is 0 Å². The molecule has 1 aromatic heterocycles. The summed E-state index contributed by atoms with van der Waals surface area (Å²) in [5, 5.41) is -0.0763. The minimum Gasteiger partial charge on any atom is -0.493 e. The SMILES string of the molecule is COc1cc(/C=C2/SC(=S)N(c3ccc(F)c(Cl)c3)C2=O)ccc1OCc1ccncc1. The maximum atomic E-state index is 13.5. The number of aromatic nitrogens is 1. The molecule has 2 heterocycles. The fourth-order valence-electron chi connectivity index (χ4n) is 3.00. The van der Waals surface area contributed by atoms with Crippen LogP contribution < -0.4 is 14.4 Å². The highest BCUT2D eigenvalue weighted by Crippen LogP contribution is 2.38. The topological polar surface area (TPSA) is 51.7 Å². The molecule has 0 radical (unpaired) electrons. The Kier molecular flexibility index (Phi) is 6.74. The van der Waals surface area contributed by atoms with Crippen molar-refractivity contribution in [2.45, 2.75) is 6.61 Å². The summed E-state index contributed by atoms with van der Waals surface area (Å²) in [6.07, 6.45) is 5.13. The summed E-state index contributed by atoms with van der Waals surface area (Å²) < 4.78 is 25.1. The number of methoxy groups -OCH3 is 1. The number of benzene rings is 2. The third kappa shape index (κ3) is 4.77. The van der Waals surface area contributed by atoms with Gasteiger partial charge in [0.1, 0.15) is 12.4 Å². The van der Waals surface area contributed by atoms with Crippen LogP contribution >= 0.6 is 35.6 Å². The van der Waals surface area contributed by atoms with Crippen LogP contribution in [0.5, 0.6) is 11.5 Å². The van der Waals surface area contributed by atoms with E-state index >= 15 is 0 Å². The molecule has 2 aromatic carbocycles. The number of rotatable bonds is 6. The van der Waals surface area contributed by atoms with Gasteiger partial charge in [0, 0.05) is 12.4 Å². The van der Waals surface area contributed by atoms with Gasteiger partial charge in [0.2, 0.25) is 0 Å². The van der Waals surface area contributed by atoms with Gasteiger partial charge < -0.3 is 9.47 Å². The molecule has 0 N–H and O–H groups in total. The second-order valence-corrected chi connectivity index (χ2v) is 8.75. The zero-order valence-electron chi connectivity index (χ0n) is 16.7. The minimum absolute atomic E-state index is 0.0763. The van der Waals surface area contributed by atoms with Crippen molar-refractivity contribution in [1.29, 1.82) is 0 Å². The first-order valence-electron chi connectivity index (χ1n) is 9.39. The first kappa shape index (κ1) is 22.3. The lowest BCUT2D eigenvalue weighted by Crippen LogP contribution is -2.27. The second-order valence-electron chi connectivity index (χ2n) is 6.67. The average Bonchev–Trinajstić information content (AvgIpc) is 3.08. The van der Waals surface area contributed by atoms with E-state index in [0.717, 1.165) is 22.9 Å². The first-order chi connectivity index (χ1) is 15.5. The quantitative estimate of drug-likeness (QED) is 0.321. The number of pyridine rings is 1. The molecule has 0 spiro atoms. The van der Waals surface area contributed by atoms with E-state index in [1.165, 1.54) is 23.1 Å². The highest BCUT2D eigenvalue weighted by atomic mass is 35.5. The maximum absolute atomic E-state index is 13.5. The molecule has 0 saturated carbocycles. The van der Waals surface area contributed by atoms with Crippen molar-refractivity contribution >= 4 is 57.6 Å². The fourth-order valence-corrected chi connectivity index (χ4v) is 4.47. The van der Waals surface area contributed by atoms with Gasteiger partial charge in [-0.2, -0.15) is 0 Å². The number of thioether (sulfide) groups is 1. The van der Waals surface area contributed by atoms with Gasteiger partial charge in [-0.05, 0) is 59.7 Å². The Hall–Kier alpha value is -2.94. The van der Waals surface area contributed by atoms with E-state index in [4.69, 9.17) is 33.3 Å². The maximum Gasteiger partial charge on any atom is 0.270 e. The van der Waals surface area contributed by atoms with Crippen molar-refractivity contribution in [3.8, 4) is 11.5 Å². The third-order valence-corrected chi connectivity index (χ3v) is 6.18. The standard InChI is InChI=1S/C23H16ClFN2O3S2/c1-29-20-10-15(2-5-19(20)30-13-14-6-8-26-9-7-14)11-21-22(28)27(23(31)32-21)16-3-4-18(25)17(24)12-16/h2-12H,13H2,1H3/b21-11+. The van der Waals surface area contributed by atoms with E-state index in [1.54, 1.807) is 37.7 Å². The predicted octanol–water partition coefficient (Wildman–Crippen LogP) is 5.87. The summed E-state index contributed by atoms with van der Waals surface area (Å²) in [7, 11) is 1.55.